The van der Waals surface area contributed by atoms with E-state index in [0.29, 0.717) is 23.7 Å². The number of aromatic amines is 1. The second-order valence-electron chi connectivity index (χ2n) is 6.67. The Balaban J connectivity index is 2.13. The van der Waals surface area contributed by atoms with E-state index in [1.165, 1.54) is 11.8 Å². The van der Waals surface area contributed by atoms with Gasteiger partial charge >= 0.3 is 0 Å². The molecule has 6 nitrogen and oxygen atoms in total. The van der Waals surface area contributed by atoms with Crippen molar-refractivity contribution in [1.29, 1.82) is 0 Å². The van der Waals surface area contributed by atoms with E-state index < -0.39 is 0 Å². The Kier molecular flexibility index (Phi) is 6.31. The third-order valence-electron chi connectivity index (χ3n) is 4.83. The number of hydrogen-bond donors (Lipinski definition) is 2. The fourth-order valence-corrected chi connectivity index (χ4v) is 4.61. The van der Waals surface area contributed by atoms with Crippen molar-refractivity contribution >= 4 is 23.5 Å². The van der Waals surface area contributed by atoms with Crippen LogP contribution in [0.4, 0.5) is 5.82 Å². The molecule has 0 saturated carbocycles. The first-order valence-electron chi connectivity index (χ1n) is 9.58. The van der Waals surface area contributed by atoms with Crippen LogP contribution in [0.3, 0.4) is 0 Å². The number of thioether (sulfide) groups is 1. The van der Waals surface area contributed by atoms with Gasteiger partial charge in [0.25, 0.3) is 5.56 Å². The SMILES string of the molecule is CCCOc1ccccc1C1SCC(=O)Nc2c1c(=O)[nH]n2C(CC)CC. The summed E-state index contributed by atoms with van der Waals surface area (Å²) in [6, 6.07) is 7.92. The Morgan fingerprint density at radius 3 is 2.67 bits per heavy atom. The maximum absolute atomic E-state index is 12.9. The highest BCUT2D eigenvalue weighted by molar-refractivity contribution is 8.00. The van der Waals surface area contributed by atoms with E-state index >= 15 is 0 Å². The number of ether oxygens (including phenoxy) is 1. The number of benzene rings is 1. The molecule has 1 atom stereocenters. The minimum atomic E-state index is -0.258. The van der Waals surface area contributed by atoms with Gasteiger partial charge < -0.3 is 10.1 Å². The van der Waals surface area contributed by atoms with Gasteiger partial charge in [0, 0.05) is 5.56 Å². The standard InChI is InChI=1S/C20H27N3O3S/c1-4-11-26-15-10-8-7-9-14(15)18-17-19(21-16(24)12-27-18)23(22-20(17)25)13(5-2)6-3/h7-10,13,18H,4-6,11-12H2,1-3H3,(H,21,24)(H,22,25). The molecule has 1 amide bonds. The lowest BCUT2D eigenvalue weighted by Gasteiger charge is -2.19. The highest BCUT2D eigenvalue weighted by Crippen LogP contribution is 2.43. The zero-order valence-electron chi connectivity index (χ0n) is 16.1. The lowest BCUT2D eigenvalue weighted by molar-refractivity contribution is -0.113. The van der Waals surface area contributed by atoms with E-state index in [2.05, 4.69) is 31.2 Å². The third-order valence-corrected chi connectivity index (χ3v) is 6.09. The lowest BCUT2D eigenvalue weighted by atomic mass is 10.0. The maximum Gasteiger partial charge on any atom is 0.270 e. The molecule has 7 heteroatoms. The number of anilines is 1. The Bertz CT molecular complexity index is 854. The van der Waals surface area contributed by atoms with E-state index in [9.17, 15) is 9.59 Å². The van der Waals surface area contributed by atoms with Crippen molar-refractivity contribution in [3.63, 3.8) is 0 Å². The summed E-state index contributed by atoms with van der Waals surface area (Å²) < 4.78 is 7.76. The lowest BCUT2D eigenvalue weighted by Crippen LogP contribution is -2.19. The minimum absolute atomic E-state index is 0.0885. The molecule has 1 aromatic carbocycles. The smallest absolute Gasteiger partial charge is 0.270 e. The number of rotatable bonds is 7. The van der Waals surface area contributed by atoms with Crippen LogP contribution in [-0.4, -0.2) is 28.0 Å². The number of amides is 1. The summed E-state index contributed by atoms with van der Waals surface area (Å²) in [6.45, 7) is 6.84. The third kappa shape index (κ3) is 3.93. The van der Waals surface area contributed by atoms with Crippen LogP contribution in [0.5, 0.6) is 5.75 Å². The number of carbonyl (C=O) groups is 1. The molecule has 0 bridgehead atoms. The van der Waals surface area contributed by atoms with Crippen LogP contribution in [0.2, 0.25) is 0 Å². The van der Waals surface area contributed by atoms with Gasteiger partial charge in [-0.15, -0.1) is 11.8 Å². The minimum Gasteiger partial charge on any atom is -0.493 e. The van der Waals surface area contributed by atoms with Crippen LogP contribution in [0.25, 0.3) is 0 Å². The molecule has 1 aliphatic rings. The number of para-hydroxylation sites is 1. The van der Waals surface area contributed by atoms with Gasteiger partial charge in [-0.1, -0.05) is 39.0 Å². The van der Waals surface area contributed by atoms with Gasteiger partial charge in [-0.3, -0.25) is 19.4 Å². The topological polar surface area (TPSA) is 76.1 Å². The molecule has 1 aromatic heterocycles. The molecular weight excluding hydrogens is 362 g/mol. The van der Waals surface area contributed by atoms with Crippen molar-refractivity contribution in [3.05, 3.63) is 45.7 Å². The van der Waals surface area contributed by atoms with Gasteiger partial charge in [0.05, 0.1) is 29.2 Å². The monoisotopic (exact) mass is 389 g/mol. The van der Waals surface area contributed by atoms with Crippen LogP contribution in [0.1, 0.15) is 62.5 Å². The molecule has 2 aromatic rings. The van der Waals surface area contributed by atoms with Crippen LogP contribution >= 0.6 is 11.8 Å². The first-order chi connectivity index (χ1) is 13.1. The van der Waals surface area contributed by atoms with Crippen LogP contribution < -0.4 is 15.6 Å². The van der Waals surface area contributed by atoms with Crippen molar-refractivity contribution in [3.8, 4) is 5.75 Å². The van der Waals surface area contributed by atoms with Gasteiger partial charge in [0.2, 0.25) is 5.91 Å². The Hall–Kier alpha value is -2.15. The first kappa shape index (κ1) is 19.6. The molecule has 3 rings (SSSR count). The largest absolute Gasteiger partial charge is 0.493 e. The normalized spacial score (nSPS) is 16.7. The van der Waals surface area contributed by atoms with Crippen molar-refractivity contribution in [1.82, 2.24) is 9.78 Å². The molecule has 146 valence electrons. The second-order valence-corrected chi connectivity index (χ2v) is 7.76. The van der Waals surface area contributed by atoms with Crippen molar-refractivity contribution < 1.29 is 9.53 Å². The van der Waals surface area contributed by atoms with Gasteiger partial charge in [-0.25, -0.2) is 0 Å². The molecule has 0 spiro atoms. The van der Waals surface area contributed by atoms with Crippen molar-refractivity contribution in [2.45, 2.75) is 51.3 Å². The fourth-order valence-electron chi connectivity index (χ4n) is 3.46. The molecule has 0 aliphatic carbocycles. The number of H-pyrrole nitrogens is 1. The summed E-state index contributed by atoms with van der Waals surface area (Å²) in [5.74, 6) is 1.57. The van der Waals surface area contributed by atoms with Crippen LogP contribution in [0.15, 0.2) is 29.1 Å². The Morgan fingerprint density at radius 1 is 1.22 bits per heavy atom. The predicted octanol–water partition coefficient (Wildman–Crippen LogP) is 4.10. The van der Waals surface area contributed by atoms with Crippen LogP contribution in [0, 0.1) is 0 Å². The zero-order chi connectivity index (χ0) is 19.4. The van der Waals surface area contributed by atoms with Gasteiger partial charge in [0.1, 0.15) is 11.6 Å². The van der Waals surface area contributed by atoms with E-state index in [0.717, 1.165) is 30.6 Å². The average molecular weight is 390 g/mol. The highest BCUT2D eigenvalue weighted by atomic mass is 32.2. The highest BCUT2D eigenvalue weighted by Gasteiger charge is 2.33. The number of nitrogens with one attached hydrogen (secondary N) is 2. The molecule has 0 radical (unpaired) electrons. The van der Waals surface area contributed by atoms with Crippen molar-refractivity contribution in [2.24, 2.45) is 0 Å². The summed E-state index contributed by atoms with van der Waals surface area (Å²) in [7, 11) is 0. The van der Waals surface area contributed by atoms with E-state index in [1.807, 2.05) is 28.9 Å². The number of hydrogen-bond acceptors (Lipinski definition) is 4. The van der Waals surface area contributed by atoms with E-state index in [4.69, 9.17) is 4.74 Å². The van der Waals surface area contributed by atoms with Crippen molar-refractivity contribution in [2.75, 3.05) is 17.7 Å². The molecule has 2 N–H and O–H groups in total. The summed E-state index contributed by atoms with van der Waals surface area (Å²) in [6.07, 6.45) is 2.65. The first-order valence-corrected chi connectivity index (χ1v) is 10.6. The van der Waals surface area contributed by atoms with E-state index in [-0.39, 0.29) is 22.8 Å². The molecule has 0 saturated heterocycles. The Labute approximate surface area is 163 Å². The predicted molar refractivity (Wildman–Crippen MR) is 110 cm³/mol. The molecule has 2 heterocycles. The quantitative estimate of drug-likeness (QED) is 0.747. The molecule has 1 aliphatic heterocycles. The van der Waals surface area contributed by atoms with Gasteiger partial charge in [0.15, 0.2) is 0 Å². The Morgan fingerprint density at radius 2 is 1.96 bits per heavy atom. The molecule has 0 fully saturated rings. The summed E-state index contributed by atoms with van der Waals surface area (Å²) in [5.41, 5.74) is 1.38. The number of aromatic nitrogens is 2. The summed E-state index contributed by atoms with van der Waals surface area (Å²) >= 11 is 1.46. The second kappa shape index (κ2) is 8.69. The molecule has 27 heavy (non-hydrogen) atoms. The van der Waals surface area contributed by atoms with Gasteiger partial charge in [-0.2, -0.15) is 0 Å². The molecular formula is C20H27N3O3S. The summed E-state index contributed by atoms with van der Waals surface area (Å²) in [4.78, 5) is 25.3. The van der Waals surface area contributed by atoms with Gasteiger partial charge in [-0.05, 0) is 25.3 Å². The van der Waals surface area contributed by atoms with E-state index in [1.54, 1.807) is 0 Å². The maximum atomic E-state index is 12.9. The fraction of sp³-hybridized carbons (Fsp3) is 0.500. The number of fused-ring (bicyclic) bond motifs is 1. The average Bonchev–Trinajstić information content (AvgIpc) is 2.87. The number of nitrogens with zero attached hydrogens (tertiary/aromatic N) is 1. The zero-order valence-corrected chi connectivity index (χ0v) is 16.9. The van der Waals surface area contributed by atoms with Crippen LogP contribution in [-0.2, 0) is 4.79 Å². The number of carbonyl (C=O) groups excluding carboxylic acids is 1. The molecule has 1 unspecified atom stereocenters. The summed E-state index contributed by atoms with van der Waals surface area (Å²) in [5, 5.41) is 5.66.